The number of hydrogen-bond acceptors (Lipinski definition) is 5. The van der Waals surface area contributed by atoms with Crippen molar-refractivity contribution in [2.24, 2.45) is 7.05 Å². The summed E-state index contributed by atoms with van der Waals surface area (Å²) in [6.07, 6.45) is 7.16. The molecule has 6 nitrogen and oxygen atoms in total. The molecule has 1 N–H and O–H groups in total. The lowest BCUT2D eigenvalue weighted by atomic mass is 10.0. The van der Waals surface area contributed by atoms with Gasteiger partial charge in [0, 0.05) is 47.6 Å². The minimum atomic E-state index is -0.812. The largest absolute Gasteiger partial charge is 0.481 e. The molecule has 1 unspecified atom stereocenters. The number of carboxylic acid groups (broad SMARTS) is 1. The third kappa shape index (κ3) is 3.29. The minimum absolute atomic E-state index is 0.0746. The molecule has 3 aromatic rings. The van der Waals surface area contributed by atoms with Crippen LogP contribution in [-0.4, -0.2) is 30.8 Å². The fraction of sp³-hybridized carbons (Fsp3) is 0.250. The molecule has 7 heteroatoms. The lowest BCUT2D eigenvalue weighted by Crippen LogP contribution is -2.02. The molecule has 3 heterocycles. The summed E-state index contributed by atoms with van der Waals surface area (Å²) in [4.78, 5) is 20.8. The Hall–Kier alpha value is -2.54. The average molecular weight is 328 g/mol. The summed E-state index contributed by atoms with van der Waals surface area (Å²) in [5.74, 6) is -0.927. The Bertz CT molecular complexity index is 826. The molecule has 0 fully saturated rings. The number of pyridine rings is 1. The van der Waals surface area contributed by atoms with Gasteiger partial charge in [0.2, 0.25) is 0 Å². The van der Waals surface area contributed by atoms with E-state index < -0.39 is 5.97 Å². The van der Waals surface area contributed by atoms with E-state index in [4.69, 9.17) is 10.1 Å². The molecular weight excluding hydrogens is 312 g/mol. The van der Waals surface area contributed by atoms with Crippen LogP contribution < -0.4 is 0 Å². The number of aromatic nitrogens is 4. The van der Waals surface area contributed by atoms with Crippen molar-refractivity contribution in [3.8, 4) is 21.8 Å². The monoisotopic (exact) mass is 328 g/mol. The van der Waals surface area contributed by atoms with Gasteiger partial charge in [-0.25, -0.2) is 4.98 Å². The highest BCUT2D eigenvalue weighted by Gasteiger charge is 2.21. The second-order valence-corrected chi connectivity index (χ2v) is 6.40. The van der Waals surface area contributed by atoms with Gasteiger partial charge >= 0.3 is 5.97 Å². The van der Waals surface area contributed by atoms with Crippen LogP contribution in [0.25, 0.3) is 21.8 Å². The van der Waals surface area contributed by atoms with Crippen molar-refractivity contribution in [3.05, 3.63) is 41.8 Å². The predicted molar refractivity (Wildman–Crippen MR) is 88.2 cm³/mol. The minimum Gasteiger partial charge on any atom is -0.481 e. The van der Waals surface area contributed by atoms with Crippen LogP contribution in [0.4, 0.5) is 0 Å². The summed E-state index contributed by atoms with van der Waals surface area (Å²) in [6.45, 7) is 1.91. The molecule has 0 saturated heterocycles. The molecule has 0 aliphatic rings. The lowest BCUT2D eigenvalue weighted by Gasteiger charge is -2.07. The Labute approximate surface area is 137 Å². The molecule has 0 bridgehead atoms. The highest BCUT2D eigenvalue weighted by atomic mass is 32.1. The smallest absolute Gasteiger partial charge is 0.303 e. The third-order valence-corrected chi connectivity index (χ3v) is 4.82. The van der Waals surface area contributed by atoms with Crippen molar-refractivity contribution >= 4 is 17.3 Å². The van der Waals surface area contributed by atoms with Gasteiger partial charge < -0.3 is 5.11 Å². The van der Waals surface area contributed by atoms with Crippen molar-refractivity contribution in [2.45, 2.75) is 19.3 Å². The van der Waals surface area contributed by atoms with E-state index in [-0.39, 0.29) is 12.3 Å². The van der Waals surface area contributed by atoms with Crippen LogP contribution in [0.5, 0.6) is 0 Å². The highest BCUT2D eigenvalue weighted by molar-refractivity contribution is 7.15. The zero-order valence-electron chi connectivity index (χ0n) is 12.8. The van der Waals surface area contributed by atoms with Crippen LogP contribution in [0.3, 0.4) is 0 Å². The summed E-state index contributed by atoms with van der Waals surface area (Å²) in [6, 6.07) is 3.80. The molecule has 3 aromatic heterocycles. The van der Waals surface area contributed by atoms with Gasteiger partial charge in [-0.05, 0) is 12.1 Å². The third-order valence-electron chi connectivity index (χ3n) is 3.49. The van der Waals surface area contributed by atoms with Gasteiger partial charge in [0.1, 0.15) is 5.01 Å². The standard InChI is InChI=1S/C16H16N4O2S/c1-10(7-13(21)22)15-14(12-8-18-20(2)9-12)19-16(23-15)11-3-5-17-6-4-11/h3-6,8-10H,7H2,1-2H3,(H,21,22). The first kappa shape index (κ1) is 15.4. The summed E-state index contributed by atoms with van der Waals surface area (Å²) in [7, 11) is 1.85. The number of rotatable bonds is 5. The van der Waals surface area contributed by atoms with Crippen molar-refractivity contribution in [3.63, 3.8) is 0 Å². The number of hydrogen-bond donors (Lipinski definition) is 1. The second-order valence-electron chi connectivity index (χ2n) is 5.37. The van der Waals surface area contributed by atoms with E-state index in [2.05, 4.69) is 10.1 Å². The van der Waals surface area contributed by atoms with Crippen LogP contribution in [0.15, 0.2) is 36.9 Å². The van der Waals surface area contributed by atoms with Crippen molar-refractivity contribution < 1.29 is 9.90 Å². The van der Waals surface area contributed by atoms with E-state index >= 15 is 0 Å². The Balaban J connectivity index is 2.08. The first-order valence-corrected chi connectivity index (χ1v) is 7.98. The Kier molecular flexibility index (Phi) is 4.20. The second kappa shape index (κ2) is 6.29. The molecule has 1 atom stereocenters. The van der Waals surface area contributed by atoms with Crippen LogP contribution in [-0.2, 0) is 11.8 Å². The molecule has 0 aromatic carbocycles. The van der Waals surface area contributed by atoms with Gasteiger partial charge in [-0.1, -0.05) is 6.92 Å². The van der Waals surface area contributed by atoms with E-state index in [9.17, 15) is 4.79 Å². The molecule has 0 spiro atoms. The van der Waals surface area contributed by atoms with E-state index in [0.29, 0.717) is 0 Å². The lowest BCUT2D eigenvalue weighted by molar-refractivity contribution is -0.137. The van der Waals surface area contributed by atoms with Crippen LogP contribution in [0.2, 0.25) is 0 Å². The number of thiazole rings is 1. The van der Waals surface area contributed by atoms with E-state index in [1.165, 1.54) is 11.3 Å². The molecular formula is C16H16N4O2S. The fourth-order valence-corrected chi connectivity index (χ4v) is 3.53. The summed E-state index contributed by atoms with van der Waals surface area (Å²) in [5.41, 5.74) is 2.68. The molecule has 0 aliphatic heterocycles. The molecule has 23 heavy (non-hydrogen) atoms. The van der Waals surface area contributed by atoms with Crippen LogP contribution in [0.1, 0.15) is 24.1 Å². The molecule has 118 valence electrons. The van der Waals surface area contributed by atoms with E-state index in [0.717, 1.165) is 26.7 Å². The van der Waals surface area contributed by atoms with Crippen LogP contribution in [0, 0.1) is 0 Å². The number of nitrogens with zero attached hydrogens (tertiary/aromatic N) is 4. The van der Waals surface area contributed by atoms with Gasteiger partial charge in [-0.15, -0.1) is 11.3 Å². The Morgan fingerprint density at radius 1 is 1.35 bits per heavy atom. The molecule has 3 rings (SSSR count). The summed E-state index contributed by atoms with van der Waals surface area (Å²) in [5, 5.41) is 14.1. The van der Waals surface area contributed by atoms with E-state index in [1.807, 2.05) is 32.3 Å². The molecule has 0 radical (unpaired) electrons. The fourth-order valence-electron chi connectivity index (χ4n) is 2.39. The van der Waals surface area contributed by atoms with Gasteiger partial charge in [0.05, 0.1) is 18.3 Å². The topological polar surface area (TPSA) is 80.9 Å². The summed E-state index contributed by atoms with van der Waals surface area (Å²) < 4.78 is 1.71. The number of carbonyl (C=O) groups is 1. The molecule has 0 amide bonds. The van der Waals surface area contributed by atoms with Crippen LogP contribution >= 0.6 is 11.3 Å². The van der Waals surface area contributed by atoms with Crippen molar-refractivity contribution in [1.82, 2.24) is 19.7 Å². The van der Waals surface area contributed by atoms with Gasteiger partial charge in [-0.3, -0.25) is 14.5 Å². The highest BCUT2D eigenvalue weighted by Crippen LogP contribution is 2.39. The first-order chi connectivity index (χ1) is 11.0. The Morgan fingerprint density at radius 3 is 2.70 bits per heavy atom. The van der Waals surface area contributed by atoms with Gasteiger partial charge in [0.15, 0.2) is 0 Å². The number of aryl methyl sites for hydroxylation is 1. The Morgan fingerprint density at radius 2 is 2.09 bits per heavy atom. The number of aliphatic carboxylic acids is 1. The maximum atomic E-state index is 11.1. The normalized spacial score (nSPS) is 12.3. The zero-order chi connectivity index (χ0) is 16.4. The predicted octanol–water partition coefficient (Wildman–Crippen LogP) is 3.18. The average Bonchev–Trinajstić information content (AvgIpc) is 3.13. The quantitative estimate of drug-likeness (QED) is 0.778. The molecule has 0 aliphatic carbocycles. The van der Waals surface area contributed by atoms with Crippen molar-refractivity contribution in [1.29, 1.82) is 0 Å². The first-order valence-electron chi connectivity index (χ1n) is 7.16. The number of carboxylic acids is 1. The van der Waals surface area contributed by atoms with Gasteiger partial charge in [-0.2, -0.15) is 5.10 Å². The van der Waals surface area contributed by atoms with Crippen molar-refractivity contribution in [2.75, 3.05) is 0 Å². The van der Waals surface area contributed by atoms with Gasteiger partial charge in [0.25, 0.3) is 0 Å². The zero-order valence-corrected chi connectivity index (χ0v) is 13.6. The maximum Gasteiger partial charge on any atom is 0.303 e. The molecule has 0 saturated carbocycles. The summed E-state index contributed by atoms with van der Waals surface area (Å²) >= 11 is 1.53. The van der Waals surface area contributed by atoms with E-state index in [1.54, 1.807) is 23.3 Å². The SMILES string of the molecule is CC(CC(=O)O)c1sc(-c2ccncc2)nc1-c1cnn(C)c1. The maximum absolute atomic E-state index is 11.1.